The molecule has 1 atom stereocenters. The van der Waals surface area contributed by atoms with Gasteiger partial charge >= 0.3 is 5.97 Å². The van der Waals surface area contributed by atoms with E-state index in [1.807, 2.05) is 0 Å². The molecular formula is C13H20N2O5S. The number of hydrogen-bond donors (Lipinski definition) is 2. The average Bonchev–Trinajstić information content (AvgIpc) is 2.45. The number of methoxy groups -OCH3 is 1. The number of carboxylic acid groups (broad SMARTS) is 1. The van der Waals surface area contributed by atoms with Crippen molar-refractivity contribution < 1.29 is 23.1 Å². The quantitative estimate of drug-likeness (QED) is 0.712. The van der Waals surface area contributed by atoms with Crippen molar-refractivity contribution in [3.05, 3.63) is 29.8 Å². The molecule has 0 radical (unpaired) electrons. The van der Waals surface area contributed by atoms with Crippen LogP contribution in [0.3, 0.4) is 0 Å². The second kappa shape index (κ2) is 7.39. The Morgan fingerprint density at radius 3 is 2.62 bits per heavy atom. The number of carbonyl (C=O) groups is 1. The van der Waals surface area contributed by atoms with E-state index in [9.17, 15) is 13.2 Å². The predicted molar refractivity (Wildman–Crippen MR) is 78.5 cm³/mol. The number of sulfonamides is 1. The van der Waals surface area contributed by atoms with Gasteiger partial charge in [-0.05, 0) is 12.5 Å². The molecule has 0 aliphatic carbocycles. The van der Waals surface area contributed by atoms with Crippen molar-refractivity contribution in [1.82, 2.24) is 4.31 Å². The van der Waals surface area contributed by atoms with Gasteiger partial charge in [0.05, 0.1) is 12.9 Å². The van der Waals surface area contributed by atoms with Crippen molar-refractivity contribution >= 4 is 16.0 Å². The van der Waals surface area contributed by atoms with E-state index >= 15 is 0 Å². The Morgan fingerprint density at radius 2 is 2.05 bits per heavy atom. The van der Waals surface area contributed by atoms with Gasteiger partial charge in [0.2, 0.25) is 10.0 Å². The van der Waals surface area contributed by atoms with Crippen molar-refractivity contribution in [3.63, 3.8) is 0 Å². The molecule has 0 saturated heterocycles. The van der Waals surface area contributed by atoms with E-state index in [1.165, 1.54) is 18.5 Å². The highest BCUT2D eigenvalue weighted by atomic mass is 32.2. The van der Waals surface area contributed by atoms with Crippen LogP contribution in [0.25, 0.3) is 0 Å². The summed E-state index contributed by atoms with van der Waals surface area (Å²) in [6, 6.07) is 5.92. The van der Waals surface area contributed by atoms with Crippen molar-refractivity contribution in [3.8, 4) is 5.75 Å². The van der Waals surface area contributed by atoms with Crippen LogP contribution >= 0.6 is 0 Å². The number of para-hydroxylation sites is 1. The summed E-state index contributed by atoms with van der Waals surface area (Å²) in [6.07, 6.45) is -0.131. The molecule has 7 nitrogen and oxygen atoms in total. The molecule has 0 aromatic heterocycles. The minimum atomic E-state index is -3.58. The smallest absolute Gasteiger partial charge is 0.320 e. The second-order valence-corrected chi connectivity index (χ2v) is 6.81. The summed E-state index contributed by atoms with van der Waals surface area (Å²) < 4.78 is 30.5. The van der Waals surface area contributed by atoms with Crippen molar-refractivity contribution in [1.29, 1.82) is 0 Å². The molecule has 1 aromatic rings. The maximum Gasteiger partial charge on any atom is 0.320 e. The van der Waals surface area contributed by atoms with Crippen LogP contribution in [0.4, 0.5) is 0 Å². The van der Waals surface area contributed by atoms with Crippen molar-refractivity contribution in [2.75, 3.05) is 19.9 Å². The Labute approximate surface area is 124 Å². The number of carboxylic acids is 1. The molecule has 0 aliphatic heterocycles. The minimum absolute atomic E-state index is 0.131. The van der Waals surface area contributed by atoms with E-state index in [0.717, 1.165) is 5.56 Å². The van der Waals surface area contributed by atoms with Crippen LogP contribution in [0, 0.1) is 0 Å². The Kier molecular flexibility index (Phi) is 6.13. The Morgan fingerprint density at radius 1 is 1.43 bits per heavy atom. The highest BCUT2D eigenvalue weighted by Gasteiger charge is 2.22. The molecule has 21 heavy (non-hydrogen) atoms. The van der Waals surface area contributed by atoms with Gasteiger partial charge in [-0.3, -0.25) is 4.79 Å². The summed E-state index contributed by atoms with van der Waals surface area (Å²) in [7, 11) is -0.626. The SMILES string of the molecule is COc1ccccc1CN(C)S(=O)(=O)CCC(N)C(=O)O. The van der Waals surface area contributed by atoms with E-state index in [1.54, 1.807) is 24.3 Å². The molecule has 0 amide bonds. The van der Waals surface area contributed by atoms with Gasteiger partial charge in [0.1, 0.15) is 11.8 Å². The third kappa shape index (κ3) is 5.00. The molecule has 3 N–H and O–H groups in total. The summed E-state index contributed by atoms with van der Waals surface area (Å²) in [5, 5.41) is 8.67. The number of nitrogens with two attached hydrogens (primary N) is 1. The fraction of sp³-hybridized carbons (Fsp3) is 0.462. The third-order valence-corrected chi connectivity index (χ3v) is 4.89. The number of nitrogens with zero attached hydrogens (tertiary/aromatic N) is 1. The molecule has 0 bridgehead atoms. The van der Waals surface area contributed by atoms with Gasteiger partial charge in [-0.25, -0.2) is 12.7 Å². The molecule has 8 heteroatoms. The zero-order valence-corrected chi connectivity index (χ0v) is 12.8. The molecule has 0 saturated carbocycles. The number of ether oxygens (including phenoxy) is 1. The first kappa shape index (κ1) is 17.4. The van der Waals surface area contributed by atoms with Crippen LogP contribution in [0.2, 0.25) is 0 Å². The van der Waals surface area contributed by atoms with Gasteiger partial charge < -0.3 is 15.6 Å². The summed E-state index contributed by atoms with van der Waals surface area (Å²) >= 11 is 0. The highest BCUT2D eigenvalue weighted by Crippen LogP contribution is 2.20. The largest absolute Gasteiger partial charge is 0.496 e. The van der Waals surface area contributed by atoms with Crippen molar-refractivity contribution in [2.45, 2.75) is 19.0 Å². The molecule has 118 valence electrons. The normalized spacial score (nSPS) is 13.1. The van der Waals surface area contributed by atoms with Gasteiger partial charge in [-0.15, -0.1) is 0 Å². The monoisotopic (exact) mass is 316 g/mol. The van der Waals surface area contributed by atoms with Crippen LogP contribution in [-0.2, 0) is 21.4 Å². The zero-order chi connectivity index (χ0) is 16.0. The van der Waals surface area contributed by atoms with Crippen LogP contribution in [-0.4, -0.2) is 49.8 Å². The fourth-order valence-electron chi connectivity index (χ4n) is 1.73. The average molecular weight is 316 g/mol. The number of hydrogen-bond acceptors (Lipinski definition) is 5. The summed E-state index contributed by atoms with van der Waals surface area (Å²) in [4.78, 5) is 10.6. The lowest BCUT2D eigenvalue weighted by Gasteiger charge is -2.19. The molecule has 0 aliphatic rings. The lowest BCUT2D eigenvalue weighted by atomic mass is 10.2. The van der Waals surface area contributed by atoms with Crippen LogP contribution in [0.1, 0.15) is 12.0 Å². The van der Waals surface area contributed by atoms with E-state index in [-0.39, 0.29) is 18.7 Å². The Bertz CT molecular complexity index is 588. The molecule has 1 aromatic carbocycles. The molecule has 0 fully saturated rings. The van der Waals surface area contributed by atoms with E-state index < -0.39 is 22.0 Å². The minimum Gasteiger partial charge on any atom is -0.496 e. The van der Waals surface area contributed by atoms with Crippen LogP contribution in [0.5, 0.6) is 5.75 Å². The number of aliphatic carboxylic acids is 1. The first-order valence-corrected chi connectivity index (χ1v) is 7.93. The molecule has 0 spiro atoms. The Hall–Kier alpha value is -1.64. The first-order valence-electron chi connectivity index (χ1n) is 6.32. The first-order chi connectivity index (χ1) is 9.77. The summed E-state index contributed by atoms with van der Waals surface area (Å²) in [6.45, 7) is 0.147. The van der Waals surface area contributed by atoms with Crippen molar-refractivity contribution in [2.24, 2.45) is 5.73 Å². The van der Waals surface area contributed by atoms with Gasteiger partial charge in [0, 0.05) is 19.2 Å². The maximum atomic E-state index is 12.1. The van der Waals surface area contributed by atoms with Gasteiger partial charge in [-0.1, -0.05) is 18.2 Å². The second-order valence-electron chi connectivity index (χ2n) is 4.62. The number of benzene rings is 1. The third-order valence-electron chi connectivity index (χ3n) is 3.06. The molecule has 1 rings (SSSR count). The zero-order valence-electron chi connectivity index (χ0n) is 12.0. The van der Waals surface area contributed by atoms with Crippen LogP contribution in [0.15, 0.2) is 24.3 Å². The fourth-order valence-corrected chi connectivity index (χ4v) is 2.93. The Balaban J connectivity index is 2.73. The van der Waals surface area contributed by atoms with Crippen LogP contribution < -0.4 is 10.5 Å². The molecule has 1 unspecified atom stereocenters. The van der Waals surface area contributed by atoms with E-state index in [2.05, 4.69) is 0 Å². The summed E-state index contributed by atoms with van der Waals surface area (Å²) in [5.74, 6) is -0.925. The molecular weight excluding hydrogens is 296 g/mol. The van der Waals surface area contributed by atoms with Gasteiger partial charge in [0.25, 0.3) is 0 Å². The van der Waals surface area contributed by atoms with E-state index in [0.29, 0.717) is 5.75 Å². The standard InChI is InChI=1S/C13H20N2O5S/c1-15(9-10-5-3-4-6-12(10)20-2)21(18,19)8-7-11(14)13(16)17/h3-6,11H,7-9,14H2,1-2H3,(H,16,17). The topological polar surface area (TPSA) is 110 Å². The maximum absolute atomic E-state index is 12.1. The molecule has 0 heterocycles. The predicted octanol–water partition coefficient (Wildman–Crippen LogP) is 0.259. The van der Waals surface area contributed by atoms with E-state index in [4.69, 9.17) is 15.6 Å². The number of rotatable bonds is 8. The lowest BCUT2D eigenvalue weighted by Crippen LogP contribution is -2.35. The summed E-state index contributed by atoms with van der Waals surface area (Å²) in [5.41, 5.74) is 6.05. The highest BCUT2D eigenvalue weighted by molar-refractivity contribution is 7.89. The van der Waals surface area contributed by atoms with Gasteiger partial charge in [-0.2, -0.15) is 0 Å². The van der Waals surface area contributed by atoms with Gasteiger partial charge in [0.15, 0.2) is 0 Å². The lowest BCUT2D eigenvalue weighted by molar-refractivity contribution is -0.138.